The molecule has 1 aromatic carbocycles. The predicted octanol–water partition coefficient (Wildman–Crippen LogP) is 3.38. The molecule has 1 aromatic heterocycles. The van der Waals surface area contributed by atoms with E-state index in [4.69, 9.17) is 9.84 Å². The quantitative estimate of drug-likeness (QED) is 0.917. The van der Waals surface area contributed by atoms with Gasteiger partial charge in [0.25, 0.3) is 0 Å². The summed E-state index contributed by atoms with van der Waals surface area (Å²) < 4.78 is 6.27. The third-order valence-corrected chi connectivity index (χ3v) is 3.96. The summed E-state index contributed by atoms with van der Waals surface area (Å²) in [5, 5.41) is 9.44. The number of ether oxygens (including phenoxy) is 1. The van der Waals surface area contributed by atoms with Crippen LogP contribution in [0.15, 0.2) is 29.1 Å². The van der Waals surface area contributed by atoms with Gasteiger partial charge in [0.15, 0.2) is 5.43 Å². The molecule has 0 bridgehead atoms. The molecule has 4 nitrogen and oxygen atoms in total. The third kappa shape index (κ3) is 3.36. The van der Waals surface area contributed by atoms with Crippen LogP contribution in [0.1, 0.15) is 29.9 Å². The standard InChI is InChI=1S/C15H16O4S/c1-9(2)5-6-19-10-3-4-13-11(7-10)12(16)8-14(20-13)15(17)18/h3-4,7-9H,5-6H2,1-2H3,(H,17,18). The average molecular weight is 292 g/mol. The van der Waals surface area contributed by atoms with E-state index in [2.05, 4.69) is 13.8 Å². The first-order chi connectivity index (χ1) is 9.47. The molecule has 106 valence electrons. The van der Waals surface area contributed by atoms with Gasteiger partial charge < -0.3 is 9.84 Å². The number of rotatable bonds is 5. The Kier molecular flexibility index (Phi) is 4.39. The molecule has 1 N–H and O–H groups in total. The number of carboxylic acid groups (broad SMARTS) is 1. The molecule has 0 amide bonds. The summed E-state index contributed by atoms with van der Waals surface area (Å²) in [6.07, 6.45) is 0.947. The number of hydrogen-bond donors (Lipinski definition) is 1. The van der Waals surface area contributed by atoms with Gasteiger partial charge in [0.05, 0.1) is 6.61 Å². The van der Waals surface area contributed by atoms with E-state index in [-0.39, 0.29) is 10.3 Å². The van der Waals surface area contributed by atoms with Gasteiger partial charge >= 0.3 is 5.97 Å². The van der Waals surface area contributed by atoms with E-state index in [1.54, 1.807) is 18.2 Å². The first-order valence-corrected chi connectivity index (χ1v) is 7.23. The molecule has 0 radical (unpaired) electrons. The Balaban J connectivity index is 2.30. The minimum Gasteiger partial charge on any atom is -0.494 e. The molecule has 0 saturated carbocycles. The van der Waals surface area contributed by atoms with E-state index in [9.17, 15) is 9.59 Å². The number of aromatic carboxylic acids is 1. The van der Waals surface area contributed by atoms with Crippen molar-refractivity contribution in [3.05, 3.63) is 39.4 Å². The second kappa shape index (κ2) is 6.05. The van der Waals surface area contributed by atoms with Crippen molar-refractivity contribution in [2.24, 2.45) is 5.92 Å². The normalized spacial score (nSPS) is 10.9. The zero-order valence-electron chi connectivity index (χ0n) is 11.4. The second-order valence-corrected chi connectivity index (χ2v) is 6.05. The first kappa shape index (κ1) is 14.5. The Labute approximate surface area is 120 Å². The molecule has 5 heteroatoms. The van der Waals surface area contributed by atoms with E-state index in [1.807, 2.05) is 0 Å². The molecule has 20 heavy (non-hydrogen) atoms. The Bertz CT molecular complexity index is 688. The molecule has 0 saturated heterocycles. The Morgan fingerprint density at radius 3 is 2.75 bits per heavy atom. The van der Waals surface area contributed by atoms with Gasteiger partial charge in [-0.1, -0.05) is 13.8 Å². The summed E-state index contributed by atoms with van der Waals surface area (Å²) in [6.45, 7) is 4.84. The van der Waals surface area contributed by atoms with Gasteiger partial charge in [-0.2, -0.15) is 0 Å². The molecule has 2 rings (SSSR count). The van der Waals surface area contributed by atoms with E-state index >= 15 is 0 Å². The zero-order chi connectivity index (χ0) is 14.7. The lowest BCUT2D eigenvalue weighted by Gasteiger charge is -2.08. The van der Waals surface area contributed by atoms with Crippen molar-refractivity contribution in [2.45, 2.75) is 20.3 Å². The van der Waals surface area contributed by atoms with Crippen LogP contribution in [0.5, 0.6) is 5.75 Å². The van der Waals surface area contributed by atoms with E-state index in [1.165, 1.54) is 0 Å². The average Bonchev–Trinajstić information content (AvgIpc) is 2.38. The van der Waals surface area contributed by atoms with Crippen LogP contribution in [-0.4, -0.2) is 17.7 Å². The van der Waals surface area contributed by atoms with Gasteiger partial charge in [0.1, 0.15) is 10.6 Å². The van der Waals surface area contributed by atoms with Crippen molar-refractivity contribution in [1.82, 2.24) is 0 Å². The first-order valence-electron chi connectivity index (χ1n) is 6.41. The van der Waals surface area contributed by atoms with Crippen LogP contribution in [0.3, 0.4) is 0 Å². The Morgan fingerprint density at radius 2 is 2.10 bits per heavy atom. The number of hydrogen-bond acceptors (Lipinski definition) is 4. The van der Waals surface area contributed by atoms with Gasteiger partial charge in [-0.05, 0) is 30.5 Å². The summed E-state index contributed by atoms with van der Waals surface area (Å²) >= 11 is 1.09. The van der Waals surface area contributed by atoms with Crippen LogP contribution in [-0.2, 0) is 0 Å². The van der Waals surface area contributed by atoms with Crippen LogP contribution >= 0.6 is 11.3 Å². The van der Waals surface area contributed by atoms with Gasteiger partial charge in [0.2, 0.25) is 0 Å². The minimum absolute atomic E-state index is 0.0518. The lowest BCUT2D eigenvalue weighted by Crippen LogP contribution is -2.05. The summed E-state index contributed by atoms with van der Waals surface area (Å²) in [5.74, 6) is 0.127. The lowest BCUT2D eigenvalue weighted by atomic mass is 10.1. The monoisotopic (exact) mass is 292 g/mol. The molecule has 0 aliphatic rings. The minimum atomic E-state index is -1.08. The maximum absolute atomic E-state index is 11.9. The van der Waals surface area contributed by atoms with Crippen LogP contribution in [0.25, 0.3) is 10.1 Å². The second-order valence-electron chi connectivity index (χ2n) is 4.97. The lowest BCUT2D eigenvalue weighted by molar-refractivity contribution is 0.0702. The summed E-state index contributed by atoms with van der Waals surface area (Å²) in [5.41, 5.74) is -0.287. The van der Waals surface area contributed by atoms with E-state index in [0.717, 1.165) is 23.8 Å². The molecular weight excluding hydrogens is 276 g/mol. The molecule has 0 unspecified atom stereocenters. The molecule has 0 spiro atoms. The maximum Gasteiger partial charge on any atom is 0.346 e. The number of carboxylic acids is 1. The van der Waals surface area contributed by atoms with Crippen LogP contribution in [0.4, 0.5) is 0 Å². The number of carbonyl (C=O) groups is 1. The SMILES string of the molecule is CC(C)CCOc1ccc2sc(C(=O)O)cc(=O)c2c1. The predicted molar refractivity (Wildman–Crippen MR) is 80.0 cm³/mol. The molecule has 0 aliphatic heterocycles. The Hall–Kier alpha value is -1.88. The molecule has 0 atom stereocenters. The third-order valence-electron chi connectivity index (χ3n) is 2.87. The molecule has 0 fully saturated rings. The highest BCUT2D eigenvalue weighted by molar-refractivity contribution is 7.20. The van der Waals surface area contributed by atoms with Crippen molar-refractivity contribution in [2.75, 3.05) is 6.61 Å². The van der Waals surface area contributed by atoms with Crippen LogP contribution in [0, 0.1) is 5.92 Å². The zero-order valence-corrected chi connectivity index (χ0v) is 12.2. The summed E-state index contributed by atoms with van der Waals surface area (Å²) in [6, 6.07) is 6.34. The van der Waals surface area contributed by atoms with Gasteiger partial charge in [-0.25, -0.2) is 4.79 Å². The van der Waals surface area contributed by atoms with Crippen molar-refractivity contribution in [3.63, 3.8) is 0 Å². The molecule has 0 aliphatic carbocycles. The van der Waals surface area contributed by atoms with Crippen molar-refractivity contribution < 1.29 is 14.6 Å². The van der Waals surface area contributed by atoms with Gasteiger partial charge in [-0.15, -0.1) is 11.3 Å². The van der Waals surface area contributed by atoms with Crippen molar-refractivity contribution >= 4 is 27.4 Å². The maximum atomic E-state index is 11.9. The largest absolute Gasteiger partial charge is 0.494 e. The fraction of sp³-hybridized carbons (Fsp3) is 0.333. The van der Waals surface area contributed by atoms with Crippen molar-refractivity contribution in [1.29, 1.82) is 0 Å². The van der Waals surface area contributed by atoms with Gasteiger partial charge in [-0.3, -0.25) is 4.79 Å². The molecule has 1 heterocycles. The van der Waals surface area contributed by atoms with E-state index in [0.29, 0.717) is 28.4 Å². The molecule has 2 aromatic rings. The van der Waals surface area contributed by atoms with Crippen LogP contribution < -0.4 is 10.2 Å². The number of benzene rings is 1. The summed E-state index contributed by atoms with van der Waals surface area (Å²) in [7, 11) is 0. The summed E-state index contributed by atoms with van der Waals surface area (Å²) in [4.78, 5) is 22.9. The van der Waals surface area contributed by atoms with Gasteiger partial charge in [0, 0.05) is 16.2 Å². The highest BCUT2D eigenvalue weighted by Gasteiger charge is 2.09. The topological polar surface area (TPSA) is 63.6 Å². The van der Waals surface area contributed by atoms with Crippen molar-refractivity contribution in [3.8, 4) is 5.75 Å². The van der Waals surface area contributed by atoms with Crippen LogP contribution in [0.2, 0.25) is 0 Å². The van der Waals surface area contributed by atoms with E-state index < -0.39 is 5.97 Å². The highest BCUT2D eigenvalue weighted by Crippen LogP contribution is 2.23. The molecular formula is C15H16O4S. The number of fused-ring (bicyclic) bond motifs is 1. The fourth-order valence-corrected chi connectivity index (χ4v) is 2.64. The smallest absolute Gasteiger partial charge is 0.346 e. The fourth-order valence-electron chi connectivity index (χ4n) is 1.74. The Morgan fingerprint density at radius 1 is 1.35 bits per heavy atom. The highest BCUT2D eigenvalue weighted by atomic mass is 32.1.